The third kappa shape index (κ3) is 3.43. The van der Waals surface area contributed by atoms with Crippen LogP contribution in [0, 0.1) is 6.92 Å². The number of aromatic nitrogens is 4. The number of hydrogen-bond donors (Lipinski definition) is 0. The van der Waals surface area contributed by atoms with E-state index in [1.807, 2.05) is 0 Å². The van der Waals surface area contributed by atoms with E-state index < -0.39 is 0 Å². The van der Waals surface area contributed by atoms with Crippen LogP contribution in [0.4, 0.5) is 0 Å². The van der Waals surface area contributed by atoms with Crippen molar-refractivity contribution < 1.29 is 8.94 Å². The maximum atomic E-state index is 5.45. The molecule has 110 valence electrons. The van der Waals surface area contributed by atoms with Crippen LogP contribution in [-0.2, 0) is 0 Å². The molecule has 0 fully saturated rings. The molecule has 2 aromatic heterocycles. The standard InChI is InChI=1S/C14H22N4O2/c1-8(2)12-15-13(20-18-12)9(3)6-7-10(4)14-17-16-11(5)19-14/h8-10H,6-7H2,1-5H3. The minimum atomic E-state index is 0.237. The SMILES string of the molecule is Cc1nnc(C(C)CCC(C)c2nc(C(C)C)no2)o1. The molecule has 20 heavy (non-hydrogen) atoms. The van der Waals surface area contributed by atoms with Crippen LogP contribution in [0.25, 0.3) is 0 Å². The highest BCUT2D eigenvalue weighted by molar-refractivity contribution is 4.97. The molecule has 2 heterocycles. The van der Waals surface area contributed by atoms with Gasteiger partial charge in [-0.1, -0.05) is 32.9 Å². The van der Waals surface area contributed by atoms with Crippen molar-refractivity contribution >= 4 is 0 Å². The van der Waals surface area contributed by atoms with Gasteiger partial charge in [0, 0.05) is 24.7 Å². The molecule has 0 saturated heterocycles. The molecule has 0 saturated carbocycles. The van der Waals surface area contributed by atoms with Crippen LogP contribution in [0.3, 0.4) is 0 Å². The largest absolute Gasteiger partial charge is 0.425 e. The van der Waals surface area contributed by atoms with Gasteiger partial charge in [-0.25, -0.2) is 0 Å². The number of aryl methyl sites for hydroxylation is 1. The van der Waals surface area contributed by atoms with Crippen LogP contribution in [0.1, 0.15) is 81.8 Å². The summed E-state index contributed by atoms with van der Waals surface area (Å²) in [6.07, 6.45) is 1.89. The maximum Gasteiger partial charge on any atom is 0.229 e. The van der Waals surface area contributed by atoms with Crippen molar-refractivity contribution in [3.8, 4) is 0 Å². The summed E-state index contributed by atoms with van der Waals surface area (Å²) in [6.45, 7) is 10.1. The van der Waals surface area contributed by atoms with Gasteiger partial charge in [0.25, 0.3) is 0 Å². The van der Waals surface area contributed by atoms with E-state index in [4.69, 9.17) is 8.94 Å². The molecule has 0 aliphatic rings. The predicted molar refractivity (Wildman–Crippen MR) is 73.5 cm³/mol. The molecule has 6 nitrogen and oxygen atoms in total. The Hall–Kier alpha value is -1.72. The van der Waals surface area contributed by atoms with Gasteiger partial charge in [-0.15, -0.1) is 10.2 Å². The molecule has 0 aliphatic heterocycles. The second kappa shape index (κ2) is 6.15. The lowest BCUT2D eigenvalue weighted by Crippen LogP contribution is -2.00. The van der Waals surface area contributed by atoms with Gasteiger partial charge < -0.3 is 8.94 Å². The first-order chi connectivity index (χ1) is 9.47. The molecule has 0 amide bonds. The highest BCUT2D eigenvalue weighted by atomic mass is 16.5. The molecular weight excluding hydrogens is 256 g/mol. The second-order valence-corrected chi connectivity index (χ2v) is 5.68. The molecule has 2 rings (SSSR count). The zero-order chi connectivity index (χ0) is 14.7. The van der Waals surface area contributed by atoms with Crippen molar-refractivity contribution in [2.24, 2.45) is 0 Å². The van der Waals surface area contributed by atoms with Crippen molar-refractivity contribution in [1.29, 1.82) is 0 Å². The van der Waals surface area contributed by atoms with E-state index in [9.17, 15) is 0 Å². The van der Waals surface area contributed by atoms with Gasteiger partial charge in [-0.05, 0) is 12.8 Å². The van der Waals surface area contributed by atoms with E-state index in [1.165, 1.54) is 0 Å². The molecule has 6 heteroatoms. The summed E-state index contributed by atoms with van der Waals surface area (Å²) in [5.74, 6) is 3.56. The normalized spacial score (nSPS) is 14.7. The van der Waals surface area contributed by atoms with Crippen molar-refractivity contribution in [2.45, 2.75) is 65.2 Å². The van der Waals surface area contributed by atoms with Crippen LogP contribution in [0.15, 0.2) is 8.94 Å². The summed E-state index contributed by atoms with van der Waals surface area (Å²) in [5, 5.41) is 11.9. The number of nitrogens with zero attached hydrogens (tertiary/aromatic N) is 4. The highest BCUT2D eigenvalue weighted by Gasteiger charge is 2.19. The Balaban J connectivity index is 1.89. The first-order valence-corrected chi connectivity index (χ1v) is 7.10. The van der Waals surface area contributed by atoms with Crippen LogP contribution in [-0.4, -0.2) is 20.3 Å². The maximum absolute atomic E-state index is 5.45. The monoisotopic (exact) mass is 278 g/mol. The van der Waals surface area contributed by atoms with Gasteiger partial charge in [0.2, 0.25) is 17.7 Å². The molecule has 0 aromatic carbocycles. The summed E-state index contributed by atoms with van der Waals surface area (Å²) in [5.41, 5.74) is 0. The third-order valence-electron chi connectivity index (χ3n) is 3.39. The highest BCUT2D eigenvalue weighted by Crippen LogP contribution is 2.26. The van der Waals surface area contributed by atoms with Crippen molar-refractivity contribution in [3.63, 3.8) is 0 Å². The third-order valence-corrected chi connectivity index (χ3v) is 3.39. The molecule has 2 atom stereocenters. The van der Waals surface area contributed by atoms with Crippen LogP contribution >= 0.6 is 0 Å². The van der Waals surface area contributed by atoms with Gasteiger partial charge in [0.15, 0.2) is 5.82 Å². The van der Waals surface area contributed by atoms with E-state index in [0.29, 0.717) is 23.6 Å². The fourth-order valence-electron chi connectivity index (χ4n) is 1.94. The molecule has 2 aromatic rings. The zero-order valence-electron chi connectivity index (χ0n) is 12.8. The average molecular weight is 278 g/mol. The van der Waals surface area contributed by atoms with Gasteiger partial charge in [-0.2, -0.15) is 4.98 Å². The number of rotatable bonds is 6. The van der Waals surface area contributed by atoms with E-state index in [2.05, 4.69) is 48.0 Å². The van der Waals surface area contributed by atoms with Crippen LogP contribution in [0.5, 0.6) is 0 Å². The predicted octanol–water partition coefficient (Wildman–Crippen LogP) is 3.57. The van der Waals surface area contributed by atoms with E-state index in [-0.39, 0.29) is 11.8 Å². The zero-order valence-corrected chi connectivity index (χ0v) is 12.8. The lowest BCUT2D eigenvalue weighted by molar-refractivity contribution is 0.340. The topological polar surface area (TPSA) is 77.8 Å². The molecule has 2 unspecified atom stereocenters. The van der Waals surface area contributed by atoms with Gasteiger partial charge >= 0.3 is 0 Å². The first kappa shape index (κ1) is 14.7. The molecule has 0 spiro atoms. The van der Waals surface area contributed by atoms with Crippen molar-refractivity contribution in [1.82, 2.24) is 20.3 Å². The smallest absolute Gasteiger partial charge is 0.229 e. The molecule has 0 N–H and O–H groups in total. The minimum absolute atomic E-state index is 0.237. The quantitative estimate of drug-likeness (QED) is 0.803. The van der Waals surface area contributed by atoms with Crippen molar-refractivity contribution in [2.75, 3.05) is 0 Å². The molecule has 0 aliphatic carbocycles. The Kier molecular flexibility index (Phi) is 4.52. The van der Waals surface area contributed by atoms with E-state index in [1.54, 1.807) is 6.92 Å². The van der Waals surface area contributed by atoms with Gasteiger partial charge in [0.1, 0.15) is 0 Å². The Morgan fingerprint density at radius 3 is 2.10 bits per heavy atom. The average Bonchev–Trinajstić information content (AvgIpc) is 3.04. The van der Waals surface area contributed by atoms with Gasteiger partial charge in [0.05, 0.1) is 0 Å². The summed E-state index contributed by atoms with van der Waals surface area (Å²) in [7, 11) is 0. The molecule has 0 bridgehead atoms. The fourth-order valence-corrected chi connectivity index (χ4v) is 1.94. The lowest BCUT2D eigenvalue weighted by atomic mass is 9.98. The number of hydrogen-bond acceptors (Lipinski definition) is 6. The lowest BCUT2D eigenvalue weighted by Gasteiger charge is -2.09. The Morgan fingerprint density at radius 2 is 1.60 bits per heavy atom. The Bertz CT molecular complexity index is 547. The van der Waals surface area contributed by atoms with E-state index >= 15 is 0 Å². The summed E-state index contributed by atoms with van der Waals surface area (Å²) in [4.78, 5) is 4.44. The van der Waals surface area contributed by atoms with Crippen LogP contribution < -0.4 is 0 Å². The van der Waals surface area contributed by atoms with Crippen LogP contribution in [0.2, 0.25) is 0 Å². The van der Waals surface area contributed by atoms with Crippen molar-refractivity contribution in [3.05, 3.63) is 23.5 Å². The summed E-state index contributed by atoms with van der Waals surface area (Å²) in [6, 6.07) is 0. The second-order valence-electron chi connectivity index (χ2n) is 5.68. The first-order valence-electron chi connectivity index (χ1n) is 7.10. The van der Waals surface area contributed by atoms with Gasteiger partial charge in [-0.3, -0.25) is 0 Å². The molecule has 0 radical (unpaired) electrons. The van der Waals surface area contributed by atoms with E-state index in [0.717, 1.165) is 18.7 Å². The molecular formula is C14H22N4O2. The fraction of sp³-hybridized carbons (Fsp3) is 0.714. The summed E-state index contributed by atoms with van der Waals surface area (Å²) < 4.78 is 10.8. The Morgan fingerprint density at radius 1 is 0.950 bits per heavy atom. The summed E-state index contributed by atoms with van der Waals surface area (Å²) >= 11 is 0. The minimum Gasteiger partial charge on any atom is -0.425 e. The Labute approximate surface area is 119 Å².